The quantitative estimate of drug-likeness (QED) is 0.759. The highest BCUT2D eigenvalue weighted by Gasteiger charge is 2.25. The van der Waals surface area contributed by atoms with Crippen LogP contribution in [-0.4, -0.2) is 32.4 Å². The number of carbonyl (C=O) groups is 1. The number of H-pyrrole nitrogens is 1. The number of para-hydroxylation sites is 1. The van der Waals surface area contributed by atoms with Gasteiger partial charge in [-0.2, -0.15) is 10.2 Å². The van der Waals surface area contributed by atoms with Crippen LogP contribution < -0.4 is 10.5 Å². The summed E-state index contributed by atoms with van der Waals surface area (Å²) in [6.07, 6.45) is 5.80. The molecule has 27 heavy (non-hydrogen) atoms. The van der Waals surface area contributed by atoms with Gasteiger partial charge in [0.05, 0.1) is 17.5 Å². The highest BCUT2D eigenvalue weighted by molar-refractivity contribution is 6.07. The summed E-state index contributed by atoms with van der Waals surface area (Å²) < 4.78 is 1.57. The Labute approximate surface area is 156 Å². The van der Waals surface area contributed by atoms with E-state index in [1.54, 1.807) is 16.9 Å². The molecule has 3 aromatic rings. The Balaban J connectivity index is 1.71. The lowest BCUT2D eigenvalue weighted by molar-refractivity contribution is 0.0985. The van der Waals surface area contributed by atoms with Crippen LogP contribution in [0.25, 0.3) is 5.82 Å². The van der Waals surface area contributed by atoms with Crippen molar-refractivity contribution in [2.75, 3.05) is 11.4 Å². The van der Waals surface area contributed by atoms with Gasteiger partial charge in [0.2, 0.25) is 0 Å². The van der Waals surface area contributed by atoms with Gasteiger partial charge in [-0.1, -0.05) is 24.6 Å². The predicted octanol–water partition coefficient (Wildman–Crippen LogP) is 2.64. The molecule has 138 valence electrons. The van der Waals surface area contributed by atoms with Crippen LogP contribution in [0.5, 0.6) is 0 Å². The maximum atomic E-state index is 13.3. The summed E-state index contributed by atoms with van der Waals surface area (Å²) in [5.74, 6) is 0.414. The number of amides is 1. The first-order chi connectivity index (χ1) is 13.1. The number of anilines is 1. The van der Waals surface area contributed by atoms with Gasteiger partial charge in [0.25, 0.3) is 11.5 Å². The van der Waals surface area contributed by atoms with E-state index in [1.165, 1.54) is 11.6 Å². The number of carbonyl (C=O) groups excluding carboxylic acids is 1. The zero-order valence-corrected chi connectivity index (χ0v) is 15.2. The van der Waals surface area contributed by atoms with Crippen LogP contribution in [-0.2, 0) is 6.42 Å². The van der Waals surface area contributed by atoms with E-state index in [2.05, 4.69) is 21.4 Å². The van der Waals surface area contributed by atoms with Crippen molar-refractivity contribution in [2.45, 2.75) is 32.6 Å². The van der Waals surface area contributed by atoms with Crippen LogP contribution >= 0.6 is 0 Å². The zero-order valence-electron chi connectivity index (χ0n) is 15.2. The van der Waals surface area contributed by atoms with E-state index in [0.717, 1.165) is 31.4 Å². The molecule has 0 aliphatic carbocycles. The summed E-state index contributed by atoms with van der Waals surface area (Å²) in [7, 11) is 0. The molecule has 0 saturated heterocycles. The number of nitrogens with one attached hydrogen (secondary N) is 1. The molecule has 2 aromatic heterocycles. The summed E-state index contributed by atoms with van der Waals surface area (Å²) in [6, 6.07) is 11.1. The normalized spacial score (nSPS) is 14.3. The molecule has 1 aliphatic rings. The van der Waals surface area contributed by atoms with Gasteiger partial charge in [-0.05, 0) is 43.9 Å². The average Bonchev–Trinajstić information content (AvgIpc) is 3.04. The molecule has 1 aliphatic heterocycles. The molecular formula is C20H21N5O2. The maximum absolute atomic E-state index is 13.3. The number of nitrogens with zero attached hydrogens (tertiary/aromatic N) is 4. The molecule has 1 N–H and O–H groups in total. The van der Waals surface area contributed by atoms with Crippen LogP contribution in [0.4, 0.5) is 5.69 Å². The Morgan fingerprint density at radius 1 is 1.11 bits per heavy atom. The van der Waals surface area contributed by atoms with E-state index in [1.807, 2.05) is 30.0 Å². The average molecular weight is 363 g/mol. The Kier molecular flexibility index (Phi) is 4.58. The highest BCUT2D eigenvalue weighted by Crippen LogP contribution is 2.27. The van der Waals surface area contributed by atoms with Crippen molar-refractivity contribution >= 4 is 11.6 Å². The second-order valence-electron chi connectivity index (χ2n) is 6.73. The summed E-state index contributed by atoms with van der Waals surface area (Å²) in [5.41, 5.74) is 3.14. The Morgan fingerprint density at radius 2 is 1.96 bits per heavy atom. The summed E-state index contributed by atoms with van der Waals surface area (Å²) in [4.78, 5) is 26.4. The molecule has 1 amide bonds. The number of benzene rings is 1. The van der Waals surface area contributed by atoms with Gasteiger partial charge in [-0.3, -0.25) is 9.59 Å². The lowest BCUT2D eigenvalue weighted by Gasteiger charge is -2.27. The number of aromatic nitrogens is 4. The van der Waals surface area contributed by atoms with E-state index >= 15 is 0 Å². The van der Waals surface area contributed by atoms with Gasteiger partial charge in [0.15, 0.2) is 5.82 Å². The van der Waals surface area contributed by atoms with Crippen molar-refractivity contribution < 1.29 is 4.79 Å². The molecule has 0 radical (unpaired) electrons. The Morgan fingerprint density at radius 3 is 2.78 bits per heavy atom. The zero-order chi connectivity index (χ0) is 18.8. The fraction of sp³-hybridized carbons (Fsp3) is 0.300. The fourth-order valence-corrected chi connectivity index (χ4v) is 3.53. The van der Waals surface area contributed by atoms with Gasteiger partial charge < -0.3 is 4.90 Å². The molecule has 1 aromatic carbocycles. The third kappa shape index (κ3) is 3.28. The monoisotopic (exact) mass is 363 g/mol. The number of aryl methyl sites for hydroxylation is 1. The second-order valence-corrected chi connectivity index (χ2v) is 6.73. The highest BCUT2D eigenvalue weighted by atomic mass is 16.2. The van der Waals surface area contributed by atoms with Crippen LogP contribution in [0.15, 0.2) is 47.4 Å². The van der Waals surface area contributed by atoms with E-state index in [0.29, 0.717) is 23.6 Å². The maximum Gasteiger partial charge on any atom is 0.264 e. The van der Waals surface area contributed by atoms with Crippen molar-refractivity contribution in [3.8, 4) is 5.82 Å². The van der Waals surface area contributed by atoms with Crippen LogP contribution in [0.3, 0.4) is 0 Å². The van der Waals surface area contributed by atoms with E-state index < -0.39 is 0 Å². The number of hydrogen-bond acceptors (Lipinski definition) is 4. The van der Waals surface area contributed by atoms with Crippen molar-refractivity contribution in [1.29, 1.82) is 0 Å². The van der Waals surface area contributed by atoms with Gasteiger partial charge in [-0.25, -0.2) is 9.78 Å². The van der Waals surface area contributed by atoms with E-state index in [4.69, 9.17) is 0 Å². The molecular weight excluding hydrogens is 342 g/mol. The summed E-state index contributed by atoms with van der Waals surface area (Å²) in [5, 5.41) is 10.7. The van der Waals surface area contributed by atoms with Crippen LogP contribution in [0.1, 0.15) is 40.9 Å². The van der Waals surface area contributed by atoms with Crippen LogP contribution in [0.2, 0.25) is 0 Å². The fourth-order valence-electron chi connectivity index (χ4n) is 3.53. The molecule has 0 saturated carbocycles. The predicted molar refractivity (Wildman–Crippen MR) is 102 cm³/mol. The summed E-state index contributed by atoms with van der Waals surface area (Å²) in [6.45, 7) is 2.53. The topological polar surface area (TPSA) is 83.9 Å². The van der Waals surface area contributed by atoms with Crippen molar-refractivity contribution in [3.05, 3.63) is 69.8 Å². The number of aromatic amines is 1. The third-order valence-electron chi connectivity index (χ3n) is 4.98. The minimum Gasteiger partial charge on any atom is -0.308 e. The molecule has 4 rings (SSSR count). The molecule has 7 heteroatoms. The molecule has 0 fully saturated rings. The Hall–Kier alpha value is -3.22. The van der Waals surface area contributed by atoms with Gasteiger partial charge in [0, 0.05) is 18.3 Å². The van der Waals surface area contributed by atoms with E-state index in [9.17, 15) is 9.59 Å². The first-order valence-electron chi connectivity index (χ1n) is 9.15. The van der Waals surface area contributed by atoms with Crippen LogP contribution in [0, 0.1) is 6.92 Å². The van der Waals surface area contributed by atoms with Crippen molar-refractivity contribution in [3.63, 3.8) is 0 Å². The molecule has 0 bridgehead atoms. The SMILES string of the molecule is Cc1c(C(=O)N2CCCCCc3ccccc32)cnn1-c1ccc(=O)[nH]n1. The number of hydrogen-bond donors (Lipinski definition) is 1. The smallest absolute Gasteiger partial charge is 0.264 e. The molecule has 0 atom stereocenters. The molecule has 0 spiro atoms. The lowest BCUT2D eigenvalue weighted by Crippen LogP contribution is -2.33. The minimum atomic E-state index is -0.280. The third-order valence-corrected chi connectivity index (χ3v) is 4.98. The number of rotatable bonds is 2. The molecule has 7 nitrogen and oxygen atoms in total. The van der Waals surface area contributed by atoms with Gasteiger partial charge in [0.1, 0.15) is 0 Å². The lowest BCUT2D eigenvalue weighted by atomic mass is 10.0. The first kappa shape index (κ1) is 17.2. The Bertz CT molecular complexity index is 1020. The van der Waals surface area contributed by atoms with Gasteiger partial charge in [-0.15, -0.1) is 0 Å². The van der Waals surface area contributed by atoms with Gasteiger partial charge >= 0.3 is 0 Å². The largest absolute Gasteiger partial charge is 0.308 e. The molecule has 3 heterocycles. The van der Waals surface area contributed by atoms with E-state index in [-0.39, 0.29) is 11.5 Å². The molecule has 0 unspecified atom stereocenters. The first-order valence-corrected chi connectivity index (χ1v) is 9.15. The summed E-state index contributed by atoms with van der Waals surface area (Å²) >= 11 is 0. The second kappa shape index (κ2) is 7.19. The van der Waals surface area contributed by atoms with Crippen molar-refractivity contribution in [2.24, 2.45) is 0 Å². The van der Waals surface area contributed by atoms with Crippen molar-refractivity contribution in [1.82, 2.24) is 20.0 Å². The minimum absolute atomic E-state index is 0.0578. The number of fused-ring (bicyclic) bond motifs is 1. The standard InChI is InChI=1S/C20H21N5O2/c1-14-16(13-21-25(14)18-10-11-19(26)23-22-18)20(27)24-12-6-2-3-7-15-8-4-5-9-17(15)24/h4-5,8-11,13H,2-3,6-7,12H2,1H3,(H,23,26).